The van der Waals surface area contributed by atoms with Crippen molar-refractivity contribution in [1.29, 1.82) is 0 Å². The van der Waals surface area contributed by atoms with Crippen molar-refractivity contribution in [3.8, 4) is 5.69 Å². The van der Waals surface area contributed by atoms with E-state index in [1.54, 1.807) is 16.8 Å². The summed E-state index contributed by atoms with van der Waals surface area (Å²) < 4.78 is 20.2. The minimum atomic E-state index is -0.290. The SMILES string of the molecule is CCCCc1nc(N2CCN(C(=O)COC)CC2)c2c(C)nn(-c3ccc(F)cc3)c2n1. The summed E-state index contributed by atoms with van der Waals surface area (Å²) in [4.78, 5) is 26.0. The highest BCUT2D eigenvalue weighted by Crippen LogP contribution is 2.30. The van der Waals surface area contributed by atoms with Crippen LogP contribution in [0.2, 0.25) is 0 Å². The Balaban J connectivity index is 1.73. The summed E-state index contributed by atoms with van der Waals surface area (Å²) in [6, 6.07) is 6.26. The summed E-state index contributed by atoms with van der Waals surface area (Å²) in [5, 5.41) is 5.61. The Labute approximate surface area is 187 Å². The topological polar surface area (TPSA) is 76.4 Å². The highest BCUT2D eigenvalue weighted by Gasteiger charge is 2.26. The molecule has 1 aliphatic heterocycles. The van der Waals surface area contributed by atoms with E-state index in [0.29, 0.717) is 26.2 Å². The first-order chi connectivity index (χ1) is 15.5. The zero-order valence-electron chi connectivity index (χ0n) is 18.8. The van der Waals surface area contributed by atoms with Crippen molar-refractivity contribution < 1.29 is 13.9 Å². The van der Waals surface area contributed by atoms with E-state index in [-0.39, 0.29) is 18.3 Å². The van der Waals surface area contributed by atoms with Crippen LogP contribution in [0.25, 0.3) is 16.7 Å². The first-order valence-corrected chi connectivity index (χ1v) is 11.1. The Bertz CT molecular complexity index is 1090. The summed E-state index contributed by atoms with van der Waals surface area (Å²) in [6.07, 6.45) is 2.82. The lowest BCUT2D eigenvalue weighted by atomic mass is 10.2. The number of aromatic nitrogens is 4. The number of halogens is 1. The number of methoxy groups -OCH3 is 1. The average molecular weight is 441 g/mol. The normalized spacial score (nSPS) is 14.4. The number of fused-ring (bicyclic) bond motifs is 1. The molecule has 1 aromatic carbocycles. The van der Waals surface area contributed by atoms with Gasteiger partial charge < -0.3 is 14.5 Å². The number of amides is 1. The maximum absolute atomic E-state index is 13.5. The summed E-state index contributed by atoms with van der Waals surface area (Å²) in [6.45, 7) is 6.77. The van der Waals surface area contributed by atoms with Gasteiger partial charge in [0, 0.05) is 39.7 Å². The van der Waals surface area contributed by atoms with Gasteiger partial charge in [-0.25, -0.2) is 19.0 Å². The number of hydrogen-bond donors (Lipinski definition) is 0. The van der Waals surface area contributed by atoms with Crippen LogP contribution in [0.1, 0.15) is 31.3 Å². The van der Waals surface area contributed by atoms with Crippen LogP contribution in [-0.4, -0.2) is 70.5 Å². The third-order valence-corrected chi connectivity index (χ3v) is 5.75. The zero-order chi connectivity index (χ0) is 22.7. The van der Waals surface area contributed by atoms with Crippen molar-refractivity contribution in [2.75, 3.05) is 44.8 Å². The van der Waals surface area contributed by atoms with Crippen LogP contribution >= 0.6 is 0 Å². The molecule has 9 heteroatoms. The fourth-order valence-electron chi connectivity index (χ4n) is 4.03. The van der Waals surface area contributed by atoms with E-state index in [4.69, 9.17) is 19.8 Å². The predicted molar refractivity (Wildman–Crippen MR) is 121 cm³/mol. The standard InChI is InChI=1S/C23H29FN6O2/c1-4-5-6-19-25-22(29-13-11-28(12-14-29)20(31)15-32-3)21-16(2)27-30(23(21)26-19)18-9-7-17(24)8-10-18/h7-10H,4-6,11-15H2,1-3H3. The first-order valence-electron chi connectivity index (χ1n) is 11.1. The Morgan fingerprint density at radius 1 is 1.12 bits per heavy atom. The minimum Gasteiger partial charge on any atom is -0.375 e. The quantitative estimate of drug-likeness (QED) is 0.562. The monoisotopic (exact) mass is 440 g/mol. The molecule has 1 fully saturated rings. The largest absolute Gasteiger partial charge is 0.375 e. The van der Waals surface area contributed by atoms with Gasteiger partial charge in [-0.05, 0) is 37.6 Å². The number of unbranched alkanes of at least 4 members (excludes halogenated alkanes) is 1. The van der Waals surface area contributed by atoms with Crippen molar-refractivity contribution in [3.63, 3.8) is 0 Å². The molecule has 1 saturated heterocycles. The molecule has 0 aliphatic carbocycles. The molecule has 2 aromatic heterocycles. The zero-order valence-corrected chi connectivity index (χ0v) is 18.8. The Morgan fingerprint density at radius 3 is 2.50 bits per heavy atom. The molecular weight excluding hydrogens is 411 g/mol. The second-order valence-electron chi connectivity index (χ2n) is 8.04. The van der Waals surface area contributed by atoms with E-state index in [9.17, 15) is 9.18 Å². The van der Waals surface area contributed by atoms with Gasteiger partial charge in [-0.3, -0.25) is 4.79 Å². The third kappa shape index (κ3) is 4.43. The number of hydrogen-bond acceptors (Lipinski definition) is 6. The Morgan fingerprint density at radius 2 is 1.84 bits per heavy atom. The van der Waals surface area contributed by atoms with E-state index in [1.807, 2.05) is 11.8 Å². The van der Waals surface area contributed by atoms with E-state index in [1.165, 1.54) is 19.2 Å². The predicted octanol–water partition coefficient (Wildman–Crippen LogP) is 2.90. The first kappa shape index (κ1) is 22.1. The van der Waals surface area contributed by atoms with Gasteiger partial charge in [0.2, 0.25) is 5.91 Å². The molecule has 170 valence electrons. The van der Waals surface area contributed by atoms with Crippen LogP contribution in [0.3, 0.4) is 0 Å². The lowest BCUT2D eigenvalue weighted by molar-refractivity contribution is -0.135. The summed E-state index contributed by atoms with van der Waals surface area (Å²) >= 11 is 0. The van der Waals surface area contributed by atoms with Crippen molar-refractivity contribution in [2.45, 2.75) is 33.1 Å². The molecule has 0 unspecified atom stereocenters. The fourth-order valence-corrected chi connectivity index (χ4v) is 4.03. The van der Waals surface area contributed by atoms with Crippen LogP contribution in [0.4, 0.5) is 10.2 Å². The van der Waals surface area contributed by atoms with Gasteiger partial charge in [-0.15, -0.1) is 0 Å². The van der Waals surface area contributed by atoms with E-state index >= 15 is 0 Å². The number of nitrogens with zero attached hydrogens (tertiary/aromatic N) is 6. The molecule has 4 rings (SSSR count). The van der Waals surface area contributed by atoms with Gasteiger partial charge >= 0.3 is 0 Å². The van der Waals surface area contributed by atoms with Crippen LogP contribution in [0.5, 0.6) is 0 Å². The molecule has 0 radical (unpaired) electrons. The number of carbonyl (C=O) groups excluding carboxylic acids is 1. The van der Waals surface area contributed by atoms with Crippen molar-refractivity contribution in [2.24, 2.45) is 0 Å². The lowest BCUT2D eigenvalue weighted by Crippen LogP contribution is -2.50. The number of ether oxygens (including phenoxy) is 1. The molecule has 8 nitrogen and oxygen atoms in total. The number of benzene rings is 1. The van der Waals surface area contributed by atoms with Crippen LogP contribution in [-0.2, 0) is 16.0 Å². The fraction of sp³-hybridized carbons (Fsp3) is 0.478. The minimum absolute atomic E-state index is 0.00364. The molecule has 1 amide bonds. The molecule has 0 bridgehead atoms. The van der Waals surface area contributed by atoms with E-state index in [2.05, 4.69) is 11.8 Å². The second kappa shape index (κ2) is 9.60. The number of piperazine rings is 1. The van der Waals surface area contributed by atoms with Gasteiger partial charge in [0.1, 0.15) is 24.1 Å². The van der Waals surface area contributed by atoms with Crippen LogP contribution in [0, 0.1) is 12.7 Å². The number of rotatable bonds is 7. The molecular formula is C23H29FN6O2. The number of anilines is 1. The molecule has 0 spiro atoms. The Kier molecular flexibility index (Phi) is 6.64. The van der Waals surface area contributed by atoms with Gasteiger partial charge in [-0.1, -0.05) is 13.3 Å². The molecule has 3 aromatic rings. The second-order valence-corrected chi connectivity index (χ2v) is 8.04. The summed E-state index contributed by atoms with van der Waals surface area (Å²) in [5.74, 6) is 1.34. The molecule has 0 saturated carbocycles. The summed E-state index contributed by atoms with van der Waals surface area (Å²) in [5.41, 5.74) is 2.30. The maximum Gasteiger partial charge on any atom is 0.248 e. The average Bonchev–Trinajstić information content (AvgIpc) is 3.14. The van der Waals surface area contributed by atoms with Crippen molar-refractivity contribution >= 4 is 22.8 Å². The maximum atomic E-state index is 13.5. The van der Waals surface area contributed by atoms with Gasteiger partial charge in [0.05, 0.1) is 16.8 Å². The van der Waals surface area contributed by atoms with E-state index < -0.39 is 0 Å². The Hall–Kier alpha value is -3.07. The van der Waals surface area contributed by atoms with Gasteiger partial charge in [-0.2, -0.15) is 5.10 Å². The molecule has 0 atom stereocenters. The number of carbonyl (C=O) groups is 1. The number of aryl methyl sites for hydroxylation is 2. The molecule has 0 N–H and O–H groups in total. The van der Waals surface area contributed by atoms with Gasteiger partial charge in [0.15, 0.2) is 5.65 Å². The molecule has 32 heavy (non-hydrogen) atoms. The molecule has 1 aliphatic rings. The lowest BCUT2D eigenvalue weighted by Gasteiger charge is -2.35. The van der Waals surface area contributed by atoms with Gasteiger partial charge in [0.25, 0.3) is 0 Å². The van der Waals surface area contributed by atoms with E-state index in [0.717, 1.165) is 53.3 Å². The highest BCUT2D eigenvalue weighted by atomic mass is 19.1. The smallest absolute Gasteiger partial charge is 0.248 e. The highest BCUT2D eigenvalue weighted by molar-refractivity contribution is 5.91. The van der Waals surface area contributed by atoms with Crippen LogP contribution < -0.4 is 4.90 Å². The summed E-state index contributed by atoms with van der Waals surface area (Å²) in [7, 11) is 1.53. The third-order valence-electron chi connectivity index (χ3n) is 5.75. The van der Waals surface area contributed by atoms with Crippen LogP contribution in [0.15, 0.2) is 24.3 Å². The van der Waals surface area contributed by atoms with Crippen molar-refractivity contribution in [1.82, 2.24) is 24.6 Å². The molecule has 3 heterocycles. The van der Waals surface area contributed by atoms with Crippen molar-refractivity contribution in [3.05, 3.63) is 41.6 Å².